The van der Waals surface area contributed by atoms with Gasteiger partial charge in [-0.3, -0.25) is 14.4 Å². The van der Waals surface area contributed by atoms with E-state index < -0.39 is 6.10 Å². The number of allylic oxidation sites excluding steroid dienone is 24. The summed E-state index contributed by atoms with van der Waals surface area (Å²) in [5.74, 6) is -1.09. The first kappa shape index (κ1) is 52.3. The van der Waals surface area contributed by atoms with E-state index in [1.165, 1.54) is 0 Å². The lowest BCUT2D eigenvalue weighted by Crippen LogP contribution is -2.30. The molecule has 0 saturated heterocycles. The van der Waals surface area contributed by atoms with Crippen LogP contribution in [-0.4, -0.2) is 37.2 Å². The molecule has 0 aliphatic heterocycles. The minimum atomic E-state index is -0.840. The fourth-order valence-corrected chi connectivity index (χ4v) is 4.95. The summed E-state index contributed by atoms with van der Waals surface area (Å²) in [6.07, 6.45) is 62.7. The molecular weight excluding hydrogens is 709 g/mol. The number of hydrogen-bond donors (Lipinski definition) is 0. The molecule has 314 valence electrons. The maximum Gasteiger partial charge on any atom is 0.306 e. The van der Waals surface area contributed by atoms with Gasteiger partial charge < -0.3 is 14.2 Å². The summed E-state index contributed by atoms with van der Waals surface area (Å²) < 4.78 is 16.6. The summed E-state index contributed by atoms with van der Waals surface area (Å²) in [4.78, 5) is 37.7. The van der Waals surface area contributed by atoms with Crippen molar-refractivity contribution in [1.82, 2.24) is 0 Å². The van der Waals surface area contributed by atoms with Gasteiger partial charge in [-0.15, -0.1) is 0 Å². The molecule has 0 heterocycles. The number of carbonyl (C=O) groups is 3. The lowest BCUT2D eigenvalue weighted by molar-refractivity contribution is -0.167. The van der Waals surface area contributed by atoms with Crippen LogP contribution in [0.15, 0.2) is 146 Å². The second-order valence-electron chi connectivity index (χ2n) is 13.4. The minimum absolute atomic E-state index is 0.135. The van der Waals surface area contributed by atoms with Crippen LogP contribution in [0, 0.1) is 0 Å². The highest BCUT2D eigenvalue weighted by Crippen LogP contribution is 2.11. The van der Waals surface area contributed by atoms with E-state index >= 15 is 0 Å². The van der Waals surface area contributed by atoms with Crippen LogP contribution in [0.1, 0.15) is 136 Å². The van der Waals surface area contributed by atoms with Crippen molar-refractivity contribution in [1.29, 1.82) is 0 Å². The average Bonchev–Trinajstić information content (AvgIpc) is 3.21. The summed E-state index contributed by atoms with van der Waals surface area (Å²) in [7, 11) is 0. The van der Waals surface area contributed by atoms with Gasteiger partial charge in [0.1, 0.15) is 13.2 Å². The Morgan fingerprint density at radius 1 is 0.351 bits per heavy atom. The Balaban J connectivity index is 4.65. The summed E-state index contributed by atoms with van der Waals surface area (Å²) in [5.41, 5.74) is 0. The maximum atomic E-state index is 12.7. The van der Waals surface area contributed by atoms with Crippen molar-refractivity contribution < 1.29 is 28.6 Å². The van der Waals surface area contributed by atoms with Gasteiger partial charge >= 0.3 is 17.9 Å². The highest BCUT2D eigenvalue weighted by atomic mass is 16.6. The molecule has 0 aromatic rings. The average molecular weight is 783 g/mol. The number of rotatable bonds is 35. The zero-order valence-corrected chi connectivity index (χ0v) is 35.5. The van der Waals surface area contributed by atoms with Crippen molar-refractivity contribution in [3.8, 4) is 0 Å². The van der Waals surface area contributed by atoms with Gasteiger partial charge in [-0.25, -0.2) is 0 Å². The van der Waals surface area contributed by atoms with Crippen molar-refractivity contribution >= 4 is 17.9 Å². The first-order valence-electron chi connectivity index (χ1n) is 21.5. The van der Waals surface area contributed by atoms with E-state index in [1.807, 2.05) is 97.2 Å². The van der Waals surface area contributed by atoms with Crippen LogP contribution in [0.3, 0.4) is 0 Å². The predicted octanol–water partition coefficient (Wildman–Crippen LogP) is 13.7. The molecule has 6 heteroatoms. The quantitative estimate of drug-likeness (QED) is 0.0276. The summed E-state index contributed by atoms with van der Waals surface area (Å²) in [6, 6.07) is 0. The molecule has 57 heavy (non-hydrogen) atoms. The minimum Gasteiger partial charge on any atom is -0.462 e. The molecular formula is C51H74O6. The molecule has 1 unspecified atom stereocenters. The van der Waals surface area contributed by atoms with Crippen molar-refractivity contribution in [2.45, 2.75) is 142 Å². The standard InChI is InChI=1S/C51H74O6/c1-4-7-10-13-16-19-22-25-28-31-34-37-40-43-49(52)55-46-48(57-51(54)45-42-39-36-33-30-27-24-21-18-15-12-9-6-3)47-56-50(53)44-41-38-35-32-29-26-23-20-17-14-11-8-5-2/h7-25,27-28,30-31,34,48H,4-6,26,29,32-33,35-47H2,1-3H3/b10-7+,11-8+,12-9+,16-13+,17-14+,18-15+,22-19+,23-20+,24-21+,28-25+,30-27+,34-31+. The van der Waals surface area contributed by atoms with Crippen molar-refractivity contribution in [2.75, 3.05) is 13.2 Å². The zero-order valence-electron chi connectivity index (χ0n) is 35.5. The molecule has 0 saturated carbocycles. The van der Waals surface area contributed by atoms with Crippen LogP contribution in [0.2, 0.25) is 0 Å². The Morgan fingerprint density at radius 3 is 1.07 bits per heavy atom. The number of hydrogen-bond acceptors (Lipinski definition) is 6. The van der Waals surface area contributed by atoms with Gasteiger partial charge in [0.25, 0.3) is 0 Å². The Bertz CT molecular complexity index is 1360. The van der Waals surface area contributed by atoms with E-state index in [-0.39, 0.29) is 44.0 Å². The smallest absolute Gasteiger partial charge is 0.306 e. The Hall–Kier alpha value is -4.71. The van der Waals surface area contributed by atoms with Crippen LogP contribution in [0.4, 0.5) is 0 Å². The van der Waals surface area contributed by atoms with Gasteiger partial charge in [-0.1, -0.05) is 192 Å². The predicted molar refractivity (Wildman–Crippen MR) is 242 cm³/mol. The van der Waals surface area contributed by atoms with Gasteiger partial charge in [0.2, 0.25) is 0 Å². The zero-order chi connectivity index (χ0) is 41.5. The van der Waals surface area contributed by atoms with Crippen molar-refractivity contribution in [3.63, 3.8) is 0 Å². The summed E-state index contributed by atoms with van der Waals surface area (Å²) in [5, 5.41) is 0. The molecule has 0 spiro atoms. The molecule has 1 atom stereocenters. The second-order valence-corrected chi connectivity index (χ2v) is 13.4. The molecule has 0 amide bonds. The lowest BCUT2D eigenvalue weighted by Gasteiger charge is -2.18. The van der Waals surface area contributed by atoms with E-state index in [1.54, 1.807) is 0 Å². The van der Waals surface area contributed by atoms with E-state index in [9.17, 15) is 14.4 Å². The molecule has 0 aliphatic rings. The van der Waals surface area contributed by atoms with E-state index in [4.69, 9.17) is 14.2 Å². The Labute approximate surface area is 347 Å². The highest BCUT2D eigenvalue weighted by molar-refractivity contribution is 5.71. The van der Waals surface area contributed by atoms with Crippen LogP contribution >= 0.6 is 0 Å². The molecule has 0 bridgehead atoms. The third-order valence-electron chi connectivity index (χ3n) is 8.10. The number of ether oxygens (including phenoxy) is 3. The molecule has 0 aromatic carbocycles. The van der Waals surface area contributed by atoms with E-state index in [0.717, 1.165) is 83.5 Å². The van der Waals surface area contributed by atoms with Gasteiger partial charge in [0.05, 0.1) is 0 Å². The maximum absolute atomic E-state index is 12.7. The third-order valence-corrected chi connectivity index (χ3v) is 8.10. The Morgan fingerprint density at radius 2 is 0.649 bits per heavy atom. The lowest BCUT2D eigenvalue weighted by atomic mass is 10.1. The topological polar surface area (TPSA) is 78.9 Å². The molecule has 0 N–H and O–H groups in total. The molecule has 0 radical (unpaired) electrons. The third kappa shape index (κ3) is 42.3. The van der Waals surface area contributed by atoms with Gasteiger partial charge in [-0.2, -0.15) is 0 Å². The molecule has 0 aliphatic carbocycles. The fourth-order valence-electron chi connectivity index (χ4n) is 4.95. The normalized spacial score (nSPS) is 13.5. The van der Waals surface area contributed by atoms with Gasteiger partial charge in [0, 0.05) is 19.3 Å². The summed E-state index contributed by atoms with van der Waals surface area (Å²) in [6.45, 7) is 6.04. The van der Waals surface area contributed by atoms with Crippen LogP contribution < -0.4 is 0 Å². The van der Waals surface area contributed by atoms with Crippen LogP contribution in [0.25, 0.3) is 0 Å². The Kier molecular flexibility index (Phi) is 40.4. The molecule has 0 fully saturated rings. The van der Waals surface area contributed by atoms with Crippen LogP contribution in [0.5, 0.6) is 0 Å². The fraction of sp³-hybridized carbons (Fsp3) is 0.471. The first-order chi connectivity index (χ1) is 28.0. The number of carbonyl (C=O) groups excluding carboxylic acids is 3. The van der Waals surface area contributed by atoms with E-state index in [0.29, 0.717) is 19.3 Å². The SMILES string of the molecule is CC/C=C/C=C/C=C/C=C/C=C/CCCC(=O)OCC(COC(=O)CCCCCCC/C=C/C=C/C=C/CC)OC(=O)CCCCC/C=C/C=C/C=C/C=C/CC. The number of esters is 3. The summed E-state index contributed by atoms with van der Waals surface area (Å²) >= 11 is 0. The largest absolute Gasteiger partial charge is 0.462 e. The van der Waals surface area contributed by atoms with Crippen LogP contribution in [-0.2, 0) is 28.6 Å². The van der Waals surface area contributed by atoms with Crippen molar-refractivity contribution in [3.05, 3.63) is 146 Å². The second kappa shape index (κ2) is 44.0. The van der Waals surface area contributed by atoms with E-state index in [2.05, 4.69) is 69.4 Å². The molecule has 6 nitrogen and oxygen atoms in total. The van der Waals surface area contributed by atoms with Crippen molar-refractivity contribution in [2.24, 2.45) is 0 Å². The monoisotopic (exact) mass is 783 g/mol. The molecule has 0 rings (SSSR count). The number of unbranched alkanes of at least 4 members (excludes halogenated alkanes) is 9. The first-order valence-corrected chi connectivity index (χ1v) is 21.5. The van der Waals surface area contributed by atoms with Gasteiger partial charge in [-0.05, 0) is 70.6 Å². The van der Waals surface area contributed by atoms with Gasteiger partial charge in [0.15, 0.2) is 6.10 Å². The highest BCUT2D eigenvalue weighted by Gasteiger charge is 2.19. The molecule has 0 aromatic heterocycles.